The lowest BCUT2D eigenvalue weighted by Crippen LogP contribution is -2.55. The molecule has 0 aliphatic rings. The standard InChI is InChI=1S/C17H30N4O/c1-15(2,3)13-18-11-10-12(19-13)21(17(7,8)9)14(22)20-16(4,5)6/h10-11H,1-9H3,(H,20,22). The van der Waals surface area contributed by atoms with E-state index in [4.69, 9.17) is 0 Å². The molecule has 1 aromatic heterocycles. The Balaban J connectivity index is 3.28. The predicted molar refractivity (Wildman–Crippen MR) is 91.2 cm³/mol. The highest BCUT2D eigenvalue weighted by atomic mass is 16.2. The van der Waals surface area contributed by atoms with Crippen molar-refractivity contribution in [3.8, 4) is 0 Å². The number of amides is 2. The number of nitrogens with one attached hydrogen (secondary N) is 1. The quantitative estimate of drug-likeness (QED) is 0.856. The largest absolute Gasteiger partial charge is 0.333 e. The first-order chi connectivity index (χ1) is 9.72. The number of carbonyl (C=O) groups is 1. The molecule has 22 heavy (non-hydrogen) atoms. The van der Waals surface area contributed by atoms with Crippen LogP contribution in [0.25, 0.3) is 0 Å². The molecule has 5 heteroatoms. The van der Waals surface area contributed by atoms with E-state index in [-0.39, 0.29) is 17.0 Å². The van der Waals surface area contributed by atoms with Crippen molar-refractivity contribution in [2.75, 3.05) is 4.90 Å². The first-order valence-corrected chi connectivity index (χ1v) is 7.68. The Hall–Kier alpha value is -1.65. The predicted octanol–water partition coefficient (Wildman–Crippen LogP) is 3.89. The van der Waals surface area contributed by atoms with Gasteiger partial charge < -0.3 is 5.32 Å². The highest BCUT2D eigenvalue weighted by Crippen LogP contribution is 2.25. The van der Waals surface area contributed by atoms with Crippen molar-refractivity contribution in [1.29, 1.82) is 0 Å². The Morgan fingerprint density at radius 1 is 1.05 bits per heavy atom. The lowest BCUT2D eigenvalue weighted by atomic mass is 9.96. The van der Waals surface area contributed by atoms with E-state index in [9.17, 15) is 4.79 Å². The maximum Gasteiger partial charge on any atom is 0.323 e. The van der Waals surface area contributed by atoms with Crippen molar-refractivity contribution >= 4 is 11.8 Å². The number of hydrogen-bond donors (Lipinski definition) is 1. The molecule has 0 saturated carbocycles. The minimum Gasteiger partial charge on any atom is -0.333 e. The number of carbonyl (C=O) groups excluding carboxylic acids is 1. The summed E-state index contributed by atoms with van der Waals surface area (Å²) >= 11 is 0. The summed E-state index contributed by atoms with van der Waals surface area (Å²) in [6, 6.07) is 1.63. The molecule has 0 aromatic carbocycles. The van der Waals surface area contributed by atoms with Crippen LogP contribution in [-0.4, -0.2) is 27.1 Å². The van der Waals surface area contributed by atoms with E-state index in [2.05, 4.69) is 36.1 Å². The molecule has 2 amide bonds. The molecule has 0 aliphatic carbocycles. The van der Waals surface area contributed by atoms with Crippen LogP contribution in [0.2, 0.25) is 0 Å². The molecule has 1 heterocycles. The molecule has 1 N–H and O–H groups in total. The smallest absolute Gasteiger partial charge is 0.323 e. The van der Waals surface area contributed by atoms with E-state index in [1.54, 1.807) is 17.2 Å². The van der Waals surface area contributed by atoms with Crippen molar-refractivity contribution in [3.63, 3.8) is 0 Å². The number of anilines is 1. The highest BCUT2D eigenvalue weighted by Gasteiger charge is 2.32. The Kier molecular flexibility index (Phi) is 4.90. The summed E-state index contributed by atoms with van der Waals surface area (Å²) in [5, 5.41) is 3.01. The van der Waals surface area contributed by atoms with Crippen LogP contribution in [0.3, 0.4) is 0 Å². The summed E-state index contributed by atoms with van der Waals surface area (Å²) in [6.45, 7) is 18.1. The number of nitrogens with zero attached hydrogens (tertiary/aromatic N) is 3. The van der Waals surface area contributed by atoms with Crippen LogP contribution in [0.15, 0.2) is 12.3 Å². The lowest BCUT2D eigenvalue weighted by molar-refractivity contribution is 0.232. The maximum absolute atomic E-state index is 12.7. The van der Waals surface area contributed by atoms with E-state index in [1.165, 1.54) is 0 Å². The average Bonchev–Trinajstić information content (AvgIpc) is 2.23. The molecular weight excluding hydrogens is 276 g/mol. The Labute approximate surface area is 134 Å². The van der Waals surface area contributed by atoms with Crippen LogP contribution >= 0.6 is 0 Å². The third-order valence-electron chi connectivity index (χ3n) is 2.90. The van der Waals surface area contributed by atoms with Crippen LogP contribution in [0.1, 0.15) is 68.1 Å². The summed E-state index contributed by atoms with van der Waals surface area (Å²) in [5.41, 5.74) is -0.862. The lowest BCUT2D eigenvalue weighted by Gasteiger charge is -2.37. The second-order valence-corrected chi connectivity index (χ2v) is 8.67. The third-order valence-corrected chi connectivity index (χ3v) is 2.90. The van der Waals surface area contributed by atoms with Crippen LogP contribution in [0.4, 0.5) is 10.6 Å². The fourth-order valence-corrected chi connectivity index (χ4v) is 1.96. The first-order valence-electron chi connectivity index (χ1n) is 7.68. The molecule has 1 rings (SSSR count). The van der Waals surface area contributed by atoms with Gasteiger partial charge in [-0.3, -0.25) is 4.90 Å². The summed E-state index contributed by atoms with van der Waals surface area (Å²) in [6.07, 6.45) is 1.71. The van der Waals surface area contributed by atoms with E-state index in [1.807, 2.05) is 41.5 Å². The second-order valence-electron chi connectivity index (χ2n) is 8.67. The van der Waals surface area contributed by atoms with E-state index in [0.717, 1.165) is 5.82 Å². The zero-order chi connectivity index (χ0) is 17.3. The molecule has 0 bridgehead atoms. The van der Waals surface area contributed by atoms with Gasteiger partial charge in [-0.25, -0.2) is 14.8 Å². The molecule has 0 aliphatic heterocycles. The van der Waals surface area contributed by atoms with Gasteiger partial charge in [0.05, 0.1) is 0 Å². The van der Waals surface area contributed by atoms with E-state index < -0.39 is 5.54 Å². The second kappa shape index (κ2) is 5.86. The van der Waals surface area contributed by atoms with Crippen molar-refractivity contribution in [3.05, 3.63) is 18.1 Å². The monoisotopic (exact) mass is 306 g/mol. The van der Waals surface area contributed by atoms with Crippen LogP contribution in [0, 0.1) is 0 Å². The Bertz CT molecular complexity index is 533. The molecule has 0 unspecified atom stereocenters. The molecule has 0 fully saturated rings. The van der Waals surface area contributed by atoms with Crippen molar-refractivity contribution in [1.82, 2.24) is 15.3 Å². The fourth-order valence-electron chi connectivity index (χ4n) is 1.96. The molecule has 5 nitrogen and oxygen atoms in total. The van der Waals surface area contributed by atoms with Crippen molar-refractivity contribution < 1.29 is 4.79 Å². The minimum absolute atomic E-state index is 0.154. The van der Waals surface area contributed by atoms with Gasteiger partial charge in [0.2, 0.25) is 0 Å². The molecule has 1 aromatic rings. The first kappa shape index (κ1) is 18.4. The Morgan fingerprint density at radius 3 is 2.00 bits per heavy atom. The van der Waals surface area contributed by atoms with Gasteiger partial charge in [-0.2, -0.15) is 0 Å². The van der Waals surface area contributed by atoms with Crippen molar-refractivity contribution in [2.45, 2.75) is 78.8 Å². The number of hydrogen-bond acceptors (Lipinski definition) is 3. The minimum atomic E-state index is -0.390. The van der Waals surface area contributed by atoms with Gasteiger partial charge >= 0.3 is 6.03 Å². The number of rotatable bonds is 1. The molecule has 124 valence electrons. The SMILES string of the molecule is CC(C)(C)NC(=O)N(c1ccnc(C(C)(C)C)n1)C(C)(C)C. The molecule has 0 saturated heterocycles. The maximum atomic E-state index is 12.7. The van der Waals surface area contributed by atoms with Crippen LogP contribution < -0.4 is 10.2 Å². The zero-order valence-corrected chi connectivity index (χ0v) is 15.4. The zero-order valence-electron chi connectivity index (χ0n) is 15.4. The summed E-state index contributed by atoms with van der Waals surface area (Å²) in [5.74, 6) is 1.34. The van der Waals surface area contributed by atoms with Gasteiger partial charge in [-0.15, -0.1) is 0 Å². The third kappa shape index (κ3) is 4.97. The van der Waals surface area contributed by atoms with Crippen LogP contribution in [-0.2, 0) is 5.41 Å². The summed E-state index contributed by atoms with van der Waals surface area (Å²) < 4.78 is 0. The molecule has 0 atom stereocenters. The van der Waals surface area contributed by atoms with Gasteiger partial charge in [0.25, 0.3) is 0 Å². The van der Waals surface area contributed by atoms with Crippen molar-refractivity contribution in [2.24, 2.45) is 0 Å². The van der Waals surface area contributed by atoms with Gasteiger partial charge in [-0.1, -0.05) is 20.8 Å². The normalized spacial score (nSPS) is 13.0. The fraction of sp³-hybridized carbons (Fsp3) is 0.706. The summed E-state index contributed by atoms with van der Waals surface area (Å²) in [4.78, 5) is 23.4. The number of urea groups is 1. The average molecular weight is 306 g/mol. The van der Waals surface area contributed by atoms with Gasteiger partial charge in [-0.05, 0) is 47.6 Å². The number of aromatic nitrogens is 2. The Morgan fingerprint density at radius 2 is 1.59 bits per heavy atom. The molecular formula is C17H30N4O. The highest BCUT2D eigenvalue weighted by molar-refractivity contribution is 5.92. The molecule has 0 radical (unpaired) electrons. The van der Waals surface area contributed by atoms with Gasteiger partial charge in [0, 0.05) is 22.7 Å². The topological polar surface area (TPSA) is 58.1 Å². The van der Waals surface area contributed by atoms with Gasteiger partial charge in [0.1, 0.15) is 11.6 Å². The molecule has 0 spiro atoms. The summed E-state index contributed by atoms with van der Waals surface area (Å²) in [7, 11) is 0. The van der Waals surface area contributed by atoms with E-state index in [0.29, 0.717) is 5.82 Å². The van der Waals surface area contributed by atoms with Crippen LogP contribution in [0.5, 0.6) is 0 Å². The van der Waals surface area contributed by atoms with Gasteiger partial charge in [0.15, 0.2) is 0 Å². The van der Waals surface area contributed by atoms with E-state index >= 15 is 0 Å².